The largest absolute Gasteiger partial charge is 0.325 e. The van der Waals surface area contributed by atoms with Crippen LogP contribution in [-0.4, -0.2) is 16.2 Å². The molecule has 0 aliphatic rings. The third-order valence-electron chi connectivity index (χ3n) is 3.33. The Morgan fingerprint density at radius 1 is 1.18 bits per heavy atom. The molecule has 2 rings (SSSR count). The molecular weight excluding hydrogens is 296 g/mol. The van der Waals surface area contributed by atoms with Gasteiger partial charge in [-0.2, -0.15) is 0 Å². The van der Waals surface area contributed by atoms with Gasteiger partial charge in [0, 0.05) is 15.5 Å². The van der Waals surface area contributed by atoms with Gasteiger partial charge in [0.15, 0.2) is 0 Å². The second-order valence-corrected chi connectivity index (χ2v) is 6.59. The summed E-state index contributed by atoms with van der Waals surface area (Å²) in [5.41, 5.74) is 7.42. The van der Waals surface area contributed by atoms with E-state index in [1.54, 1.807) is 24.3 Å². The zero-order chi connectivity index (χ0) is 16.1. The van der Waals surface area contributed by atoms with Crippen molar-refractivity contribution in [1.82, 2.24) is 0 Å². The van der Waals surface area contributed by atoms with E-state index in [4.69, 9.17) is 5.73 Å². The van der Waals surface area contributed by atoms with Crippen LogP contribution in [0.25, 0.3) is 0 Å². The number of hydrogen-bond acceptors (Lipinski definition) is 3. The first-order valence-electron chi connectivity index (χ1n) is 7.16. The number of carbonyl (C=O) groups is 1. The summed E-state index contributed by atoms with van der Waals surface area (Å²) >= 11 is 0. The summed E-state index contributed by atoms with van der Waals surface area (Å²) < 4.78 is 12.6. The van der Waals surface area contributed by atoms with Gasteiger partial charge in [-0.05, 0) is 43.7 Å². The van der Waals surface area contributed by atoms with Crippen LogP contribution in [0.4, 0.5) is 5.69 Å². The number of carbonyl (C=O) groups excluding carboxylic acids is 1. The van der Waals surface area contributed by atoms with E-state index >= 15 is 0 Å². The van der Waals surface area contributed by atoms with Gasteiger partial charge in [0.05, 0.1) is 16.8 Å². The van der Waals surface area contributed by atoms with Gasteiger partial charge in [-0.15, -0.1) is 0 Å². The van der Waals surface area contributed by atoms with E-state index in [2.05, 4.69) is 5.32 Å². The number of nitrogens with one attached hydrogen (secondary N) is 1. The molecule has 2 aromatic carbocycles. The van der Waals surface area contributed by atoms with E-state index in [9.17, 15) is 9.00 Å². The van der Waals surface area contributed by atoms with Gasteiger partial charge in [-0.1, -0.05) is 30.7 Å². The lowest BCUT2D eigenvalue weighted by atomic mass is 10.2. The minimum Gasteiger partial charge on any atom is -0.325 e. The highest BCUT2D eigenvalue weighted by Gasteiger charge is 2.12. The molecule has 0 radical (unpaired) electrons. The number of rotatable bonds is 5. The van der Waals surface area contributed by atoms with Gasteiger partial charge in [-0.3, -0.25) is 4.79 Å². The predicted molar refractivity (Wildman–Crippen MR) is 89.2 cm³/mol. The Morgan fingerprint density at radius 2 is 1.86 bits per heavy atom. The third-order valence-corrected chi connectivity index (χ3v) is 4.71. The highest BCUT2D eigenvalue weighted by atomic mass is 32.2. The summed E-state index contributed by atoms with van der Waals surface area (Å²) in [7, 11) is -1.28. The second kappa shape index (κ2) is 7.33. The van der Waals surface area contributed by atoms with E-state index in [-0.39, 0.29) is 5.91 Å². The molecule has 2 atom stereocenters. The molecule has 0 aromatic heterocycles. The van der Waals surface area contributed by atoms with Crippen LogP contribution in [0.5, 0.6) is 0 Å². The lowest BCUT2D eigenvalue weighted by Crippen LogP contribution is -2.34. The predicted octanol–water partition coefficient (Wildman–Crippen LogP) is 2.84. The van der Waals surface area contributed by atoms with Crippen LogP contribution >= 0.6 is 0 Å². The molecule has 116 valence electrons. The molecule has 22 heavy (non-hydrogen) atoms. The van der Waals surface area contributed by atoms with Crippen molar-refractivity contribution in [2.45, 2.75) is 36.1 Å². The summed E-state index contributed by atoms with van der Waals surface area (Å²) in [6.07, 6.45) is 0.570. The van der Waals surface area contributed by atoms with Gasteiger partial charge < -0.3 is 11.1 Å². The van der Waals surface area contributed by atoms with Gasteiger partial charge in [-0.25, -0.2) is 4.21 Å². The lowest BCUT2D eigenvalue weighted by Gasteiger charge is -2.11. The molecule has 0 heterocycles. The van der Waals surface area contributed by atoms with Crippen molar-refractivity contribution in [2.75, 3.05) is 5.32 Å². The summed E-state index contributed by atoms with van der Waals surface area (Å²) in [6.45, 7) is 3.84. The van der Waals surface area contributed by atoms with Crippen LogP contribution in [0.3, 0.4) is 0 Å². The highest BCUT2D eigenvalue weighted by Crippen LogP contribution is 2.20. The normalized spacial score (nSPS) is 13.4. The Morgan fingerprint density at radius 3 is 2.50 bits per heavy atom. The maximum absolute atomic E-state index is 12.6. The Balaban J connectivity index is 2.19. The Hall–Kier alpha value is -1.98. The summed E-state index contributed by atoms with van der Waals surface area (Å²) in [5, 5.41) is 2.75. The monoisotopic (exact) mass is 316 g/mol. The molecule has 4 nitrogen and oxygen atoms in total. The van der Waals surface area contributed by atoms with Gasteiger partial charge >= 0.3 is 0 Å². The summed E-state index contributed by atoms with van der Waals surface area (Å²) in [5.74, 6) is -0.235. The number of anilines is 1. The van der Waals surface area contributed by atoms with E-state index in [0.717, 1.165) is 10.5 Å². The first kappa shape index (κ1) is 16.4. The van der Waals surface area contributed by atoms with Crippen molar-refractivity contribution in [2.24, 2.45) is 5.73 Å². The maximum Gasteiger partial charge on any atom is 0.241 e. The van der Waals surface area contributed by atoms with Crippen LogP contribution in [0, 0.1) is 6.92 Å². The third kappa shape index (κ3) is 4.02. The molecule has 0 fully saturated rings. The fourth-order valence-electron chi connectivity index (χ4n) is 1.91. The molecule has 0 saturated carbocycles. The average Bonchev–Trinajstić information content (AvgIpc) is 2.54. The van der Waals surface area contributed by atoms with Crippen molar-refractivity contribution in [3.63, 3.8) is 0 Å². The quantitative estimate of drug-likeness (QED) is 0.891. The minimum atomic E-state index is -1.28. The molecule has 2 aromatic rings. The summed E-state index contributed by atoms with van der Waals surface area (Å²) in [6, 6.07) is 14.1. The van der Waals surface area contributed by atoms with Crippen molar-refractivity contribution < 1.29 is 9.00 Å². The second-order valence-electron chi connectivity index (χ2n) is 5.11. The average molecular weight is 316 g/mol. The first-order chi connectivity index (χ1) is 10.5. The highest BCUT2D eigenvalue weighted by molar-refractivity contribution is 7.85. The van der Waals surface area contributed by atoms with E-state index in [1.165, 1.54) is 0 Å². The van der Waals surface area contributed by atoms with E-state index in [0.29, 0.717) is 17.0 Å². The molecule has 0 aliphatic heterocycles. The topological polar surface area (TPSA) is 72.2 Å². The smallest absolute Gasteiger partial charge is 0.241 e. The number of amides is 1. The van der Waals surface area contributed by atoms with Gasteiger partial charge in [0.2, 0.25) is 5.91 Å². The van der Waals surface area contributed by atoms with Crippen LogP contribution in [-0.2, 0) is 15.6 Å². The molecule has 0 bridgehead atoms. The van der Waals surface area contributed by atoms with E-state index in [1.807, 2.05) is 38.1 Å². The van der Waals surface area contributed by atoms with Crippen LogP contribution < -0.4 is 11.1 Å². The Bertz CT molecular complexity index is 683. The fraction of sp³-hybridized carbons (Fsp3) is 0.235. The molecular formula is C17H20N2O2S. The molecule has 0 saturated heterocycles. The van der Waals surface area contributed by atoms with Crippen molar-refractivity contribution in [3.05, 3.63) is 54.1 Å². The Kier molecular flexibility index (Phi) is 5.46. The zero-order valence-electron chi connectivity index (χ0n) is 12.7. The standard InChI is InChI=1S/C17H20N2O2S/c1-3-16(18)17(20)19-13-5-4-6-15(11-13)22(21)14-9-7-12(2)8-10-14/h4-11,16H,3,18H2,1-2H3,(H,19,20). The zero-order valence-corrected chi connectivity index (χ0v) is 13.5. The van der Waals surface area contributed by atoms with Crippen molar-refractivity contribution in [1.29, 1.82) is 0 Å². The SMILES string of the molecule is CCC(N)C(=O)Nc1cccc(S(=O)c2ccc(C)cc2)c1. The fourth-order valence-corrected chi connectivity index (χ4v) is 3.00. The Labute approximate surface area is 133 Å². The maximum atomic E-state index is 12.6. The molecule has 3 N–H and O–H groups in total. The molecule has 5 heteroatoms. The molecule has 0 aliphatic carbocycles. The lowest BCUT2D eigenvalue weighted by molar-refractivity contribution is -0.117. The first-order valence-corrected chi connectivity index (χ1v) is 8.31. The van der Waals surface area contributed by atoms with Crippen molar-refractivity contribution >= 4 is 22.4 Å². The van der Waals surface area contributed by atoms with Crippen LogP contribution in [0.2, 0.25) is 0 Å². The number of aryl methyl sites for hydroxylation is 1. The van der Waals surface area contributed by atoms with Crippen molar-refractivity contribution in [3.8, 4) is 0 Å². The minimum absolute atomic E-state index is 0.235. The molecule has 2 unspecified atom stereocenters. The van der Waals surface area contributed by atoms with Gasteiger partial charge in [0.25, 0.3) is 0 Å². The number of benzene rings is 2. The number of hydrogen-bond donors (Lipinski definition) is 2. The molecule has 1 amide bonds. The number of nitrogens with two attached hydrogens (primary N) is 1. The van der Waals surface area contributed by atoms with Crippen LogP contribution in [0.1, 0.15) is 18.9 Å². The van der Waals surface area contributed by atoms with Crippen LogP contribution in [0.15, 0.2) is 58.3 Å². The van der Waals surface area contributed by atoms with Gasteiger partial charge in [0.1, 0.15) is 0 Å². The summed E-state index contributed by atoms with van der Waals surface area (Å²) in [4.78, 5) is 13.2. The van der Waals surface area contributed by atoms with E-state index < -0.39 is 16.8 Å². The molecule has 0 spiro atoms.